The lowest BCUT2D eigenvalue weighted by atomic mass is 10.1. The monoisotopic (exact) mass is 284 g/mol. The maximum Gasteiger partial charge on any atom is 0.200 e. The van der Waals surface area contributed by atoms with E-state index in [0.29, 0.717) is 17.9 Å². The Morgan fingerprint density at radius 3 is 2.00 bits per heavy atom. The van der Waals surface area contributed by atoms with Crippen molar-refractivity contribution in [1.29, 1.82) is 0 Å². The second-order valence-corrected chi connectivity index (χ2v) is 4.67. The van der Waals surface area contributed by atoms with Crippen LogP contribution < -0.4 is 9.47 Å². The molecule has 0 bridgehead atoms. The van der Waals surface area contributed by atoms with E-state index in [1.165, 1.54) is 5.56 Å². The molecule has 0 saturated carbocycles. The highest BCUT2D eigenvalue weighted by Gasteiger charge is 2.07. The van der Waals surface area contributed by atoms with Crippen LogP contribution >= 0.6 is 0 Å². The van der Waals surface area contributed by atoms with Crippen molar-refractivity contribution in [3.05, 3.63) is 59.7 Å². The van der Waals surface area contributed by atoms with Crippen molar-refractivity contribution in [3.63, 3.8) is 0 Å². The minimum absolute atomic E-state index is 0.0411. The molecule has 110 valence electrons. The van der Waals surface area contributed by atoms with Crippen molar-refractivity contribution >= 4 is 5.78 Å². The molecular weight excluding hydrogens is 264 g/mol. The Hall–Kier alpha value is -2.29. The van der Waals surface area contributed by atoms with E-state index >= 15 is 0 Å². The summed E-state index contributed by atoms with van der Waals surface area (Å²) in [6.45, 7) is 4.69. The fourth-order valence-corrected chi connectivity index (χ4v) is 1.96. The lowest BCUT2D eigenvalue weighted by Gasteiger charge is -2.07. The zero-order valence-corrected chi connectivity index (χ0v) is 12.5. The summed E-state index contributed by atoms with van der Waals surface area (Å²) in [4.78, 5) is 12.0. The first-order chi connectivity index (χ1) is 10.2. The summed E-state index contributed by atoms with van der Waals surface area (Å²) in [5.74, 6) is 1.44. The average molecular weight is 284 g/mol. The number of rotatable bonds is 7. The van der Waals surface area contributed by atoms with Crippen LogP contribution in [0, 0.1) is 0 Å². The van der Waals surface area contributed by atoms with Crippen LogP contribution in [0.5, 0.6) is 11.5 Å². The summed E-state index contributed by atoms with van der Waals surface area (Å²) in [6.07, 6.45) is 0.991. The molecule has 2 rings (SSSR count). The fraction of sp³-hybridized carbons (Fsp3) is 0.278. The first-order valence-electron chi connectivity index (χ1n) is 7.20. The summed E-state index contributed by atoms with van der Waals surface area (Å²) in [5, 5.41) is 0. The van der Waals surface area contributed by atoms with Crippen molar-refractivity contribution < 1.29 is 14.3 Å². The van der Waals surface area contributed by atoms with E-state index in [-0.39, 0.29) is 12.4 Å². The number of ether oxygens (including phenoxy) is 2. The zero-order valence-electron chi connectivity index (χ0n) is 12.5. The molecule has 0 atom stereocenters. The van der Waals surface area contributed by atoms with Crippen LogP contribution in [0.15, 0.2) is 48.5 Å². The third-order valence-corrected chi connectivity index (χ3v) is 3.19. The van der Waals surface area contributed by atoms with E-state index in [4.69, 9.17) is 9.47 Å². The Kier molecular flexibility index (Phi) is 5.38. The molecule has 0 aliphatic carbocycles. The number of ketones is 1. The molecule has 3 nitrogen and oxygen atoms in total. The van der Waals surface area contributed by atoms with E-state index in [1.54, 1.807) is 24.3 Å². The first-order valence-corrected chi connectivity index (χ1v) is 7.20. The van der Waals surface area contributed by atoms with Gasteiger partial charge in [0.1, 0.15) is 11.5 Å². The zero-order chi connectivity index (χ0) is 15.1. The second kappa shape index (κ2) is 7.48. The largest absolute Gasteiger partial charge is 0.494 e. The van der Waals surface area contributed by atoms with Crippen LogP contribution in [0.1, 0.15) is 29.8 Å². The highest BCUT2D eigenvalue weighted by molar-refractivity contribution is 5.97. The summed E-state index contributed by atoms with van der Waals surface area (Å²) in [7, 11) is 0. The molecule has 21 heavy (non-hydrogen) atoms. The number of Topliss-reactive ketones (excluding diaryl/α,β-unsaturated/α-hetero) is 1. The van der Waals surface area contributed by atoms with E-state index < -0.39 is 0 Å². The van der Waals surface area contributed by atoms with Crippen molar-refractivity contribution in [3.8, 4) is 11.5 Å². The van der Waals surface area contributed by atoms with Crippen LogP contribution in [0.3, 0.4) is 0 Å². The second-order valence-electron chi connectivity index (χ2n) is 4.67. The van der Waals surface area contributed by atoms with Gasteiger partial charge in [-0.2, -0.15) is 0 Å². The molecule has 2 aromatic carbocycles. The van der Waals surface area contributed by atoms with Crippen molar-refractivity contribution in [2.75, 3.05) is 13.2 Å². The average Bonchev–Trinajstić information content (AvgIpc) is 2.54. The Morgan fingerprint density at radius 1 is 0.857 bits per heavy atom. The third-order valence-electron chi connectivity index (χ3n) is 3.19. The number of hydrogen-bond donors (Lipinski definition) is 0. The maximum atomic E-state index is 12.0. The van der Waals surface area contributed by atoms with E-state index in [1.807, 2.05) is 31.2 Å². The standard InChI is InChI=1S/C18H20O3/c1-3-14-5-9-17(10-6-14)21-13-18(19)15-7-11-16(12-8-15)20-4-2/h5-12H,3-4,13H2,1-2H3. The third kappa shape index (κ3) is 4.35. The van der Waals surface area contributed by atoms with Gasteiger partial charge in [0.15, 0.2) is 12.4 Å². The number of hydrogen-bond acceptors (Lipinski definition) is 3. The van der Waals surface area contributed by atoms with Gasteiger partial charge in [0, 0.05) is 5.56 Å². The van der Waals surface area contributed by atoms with E-state index in [2.05, 4.69) is 6.92 Å². The lowest BCUT2D eigenvalue weighted by Crippen LogP contribution is -2.11. The van der Waals surface area contributed by atoms with Gasteiger partial charge in [0.25, 0.3) is 0 Å². The van der Waals surface area contributed by atoms with Crippen LogP contribution in [-0.4, -0.2) is 19.0 Å². The van der Waals surface area contributed by atoms with Crippen molar-refractivity contribution in [2.45, 2.75) is 20.3 Å². The normalized spacial score (nSPS) is 10.2. The minimum Gasteiger partial charge on any atom is -0.494 e. The molecule has 0 radical (unpaired) electrons. The molecule has 0 unspecified atom stereocenters. The van der Waals surface area contributed by atoms with Gasteiger partial charge < -0.3 is 9.47 Å². The van der Waals surface area contributed by atoms with Gasteiger partial charge in [0.2, 0.25) is 0 Å². The smallest absolute Gasteiger partial charge is 0.200 e. The summed E-state index contributed by atoms with van der Waals surface area (Å²) < 4.78 is 10.9. The molecule has 0 fully saturated rings. The molecule has 0 aliphatic heterocycles. The quantitative estimate of drug-likeness (QED) is 0.723. The predicted octanol–water partition coefficient (Wildman–Crippen LogP) is 3.91. The van der Waals surface area contributed by atoms with Crippen LogP contribution in [0.25, 0.3) is 0 Å². The predicted molar refractivity (Wildman–Crippen MR) is 83.3 cm³/mol. The van der Waals surface area contributed by atoms with Crippen LogP contribution in [-0.2, 0) is 6.42 Å². The molecule has 0 spiro atoms. The van der Waals surface area contributed by atoms with Gasteiger partial charge in [-0.1, -0.05) is 19.1 Å². The molecule has 2 aromatic rings. The van der Waals surface area contributed by atoms with E-state index in [9.17, 15) is 4.79 Å². The summed E-state index contributed by atoms with van der Waals surface area (Å²) >= 11 is 0. The highest BCUT2D eigenvalue weighted by Crippen LogP contribution is 2.15. The molecule has 0 amide bonds. The molecular formula is C18H20O3. The van der Waals surface area contributed by atoms with Gasteiger partial charge in [0.05, 0.1) is 6.61 Å². The summed E-state index contributed by atoms with van der Waals surface area (Å²) in [5.41, 5.74) is 1.88. The van der Waals surface area contributed by atoms with Gasteiger partial charge in [-0.25, -0.2) is 0 Å². The number of carbonyl (C=O) groups excluding carboxylic acids is 1. The minimum atomic E-state index is -0.0439. The fourth-order valence-electron chi connectivity index (χ4n) is 1.96. The summed E-state index contributed by atoms with van der Waals surface area (Å²) in [6, 6.07) is 14.9. The topological polar surface area (TPSA) is 35.5 Å². The molecule has 3 heteroatoms. The van der Waals surface area contributed by atoms with Gasteiger partial charge in [-0.3, -0.25) is 4.79 Å². The lowest BCUT2D eigenvalue weighted by molar-refractivity contribution is 0.0921. The van der Waals surface area contributed by atoms with Gasteiger partial charge in [-0.05, 0) is 55.3 Å². The molecule has 0 aliphatic rings. The van der Waals surface area contributed by atoms with Gasteiger partial charge in [-0.15, -0.1) is 0 Å². The van der Waals surface area contributed by atoms with Crippen molar-refractivity contribution in [2.24, 2.45) is 0 Å². The molecule has 0 heterocycles. The SMILES string of the molecule is CCOc1ccc(C(=O)COc2ccc(CC)cc2)cc1. The number of aryl methyl sites for hydroxylation is 1. The Labute approximate surface area is 125 Å². The Bertz CT molecular complexity index is 570. The Balaban J connectivity index is 1.91. The van der Waals surface area contributed by atoms with E-state index in [0.717, 1.165) is 12.2 Å². The van der Waals surface area contributed by atoms with Crippen LogP contribution in [0.2, 0.25) is 0 Å². The van der Waals surface area contributed by atoms with Crippen LogP contribution in [0.4, 0.5) is 0 Å². The Morgan fingerprint density at radius 2 is 1.43 bits per heavy atom. The molecule has 0 N–H and O–H groups in total. The number of benzene rings is 2. The first kappa shape index (κ1) is 15.1. The number of carbonyl (C=O) groups is 1. The highest BCUT2D eigenvalue weighted by atomic mass is 16.5. The molecule has 0 aromatic heterocycles. The maximum absolute atomic E-state index is 12.0. The van der Waals surface area contributed by atoms with Crippen molar-refractivity contribution in [1.82, 2.24) is 0 Å². The molecule has 0 saturated heterocycles. The van der Waals surface area contributed by atoms with Gasteiger partial charge >= 0.3 is 0 Å².